The summed E-state index contributed by atoms with van der Waals surface area (Å²) in [6.45, 7) is 10.0. The number of benzene rings is 2. The van der Waals surface area contributed by atoms with Gasteiger partial charge in [0.15, 0.2) is 0 Å². The van der Waals surface area contributed by atoms with Gasteiger partial charge in [-0.2, -0.15) is 0 Å². The summed E-state index contributed by atoms with van der Waals surface area (Å²) < 4.78 is 0. The van der Waals surface area contributed by atoms with E-state index in [1.165, 1.54) is 16.7 Å². The Balaban J connectivity index is 1.42. The molecule has 170 valence electrons. The molecule has 0 bridgehead atoms. The van der Waals surface area contributed by atoms with Crippen LogP contribution in [0, 0.1) is 6.92 Å². The Labute approximate surface area is 197 Å². The van der Waals surface area contributed by atoms with Gasteiger partial charge in [0.05, 0.1) is 10.7 Å². The van der Waals surface area contributed by atoms with Gasteiger partial charge in [0.25, 0.3) is 0 Å². The monoisotopic (exact) mass is 451 g/mol. The number of nitrogens with zero attached hydrogens (tertiary/aromatic N) is 2. The Hall–Kier alpha value is -2.30. The molecule has 0 unspecified atom stereocenters. The number of amides is 2. The molecule has 2 aliphatic heterocycles. The highest BCUT2D eigenvalue weighted by Gasteiger charge is 2.25. The zero-order valence-electron chi connectivity index (χ0n) is 19.4. The number of anilines is 1. The topological polar surface area (TPSA) is 35.6 Å². The van der Waals surface area contributed by atoms with Crippen LogP contribution in [0.2, 0.25) is 5.02 Å². The molecule has 2 aromatic rings. The molecule has 0 aliphatic carbocycles. The Morgan fingerprint density at radius 2 is 1.78 bits per heavy atom. The van der Waals surface area contributed by atoms with Crippen LogP contribution in [0.4, 0.5) is 10.5 Å². The lowest BCUT2D eigenvalue weighted by Gasteiger charge is -2.33. The summed E-state index contributed by atoms with van der Waals surface area (Å²) in [5.74, 6) is 0.520. The molecule has 1 fully saturated rings. The molecule has 2 aromatic carbocycles. The van der Waals surface area contributed by atoms with Gasteiger partial charge in [0.1, 0.15) is 0 Å². The first kappa shape index (κ1) is 22.9. The normalized spacial score (nSPS) is 18.0. The first-order chi connectivity index (χ1) is 15.4. The highest BCUT2D eigenvalue weighted by Crippen LogP contribution is 2.35. The van der Waals surface area contributed by atoms with Crippen molar-refractivity contribution in [2.24, 2.45) is 0 Å². The Bertz CT molecular complexity index is 975. The molecule has 1 N–H and O–H groups in total. The first-order valence-corrected chi connectivity index (χ1v) is 12.1. The van der Waals surface area contributed by atoms with Gasteiger partial charge in [-0.15, -0.1) is 0 Å². The van der Waals surface area contributed by atoms with E-state index in [-0.39, 0.29) is 6.03 Å². The minimum atomic E-state index is -0.0538. The van der Waals surface area contributed by atoms with Crippen molar-refractivity contribution < 1.29 is 4.79 Å². The highest BCUT2D eigenvalue weighted by molar-refractivity contribution is 6.34. The summed E-state index contributed by atoms with van der Waals surface area (Å²) in [6.07, 6.45) is 5.21. The SMILES string of the molecule is Cc1ccc(C2CCN(C(=O)Nc3c(Cl)cccc3C3=CCN(C(C)C)CC3)CC2)cc1. The highest BCUT2D eigenvalue weighted by atomic mass is 35.5. The Morgan fingerprint density at radius 3 is 2.41 bits per heavy atom. The van der Waals surface area contributed by atoms with Crippen molar-refractivity contribution in [2.45, 2.75) is 52.0 Å². The number of nitrogens with one attached hydrogen (secondary N) is 1. The van der Waals surface area contributed by atoms with E-state index in [1.807, 2.05) is 17.0 Å². The van der Waals surface area contributed by atoms with E-state index in [2.05, 4.69) is 67.4 Å². The fraction of sp³-hybridized carbons (Fsp3) is 0.444. The number of hydrogen-bond donors (Lipinski definition) is 1. The maximum Gasteiger partial charge on any atom is 0.321 e. The number of carbonyl (C=O) groups excluding carboxylic acids is 1. The van der Waals surface area contributed by atoms with E-state index in [4.69, 9.17) is 11.6 Å². The third kappa shape index (κ3) is 5.19. The fourth-order valence-electron chi connectivity index (χ4n) is 4.76. The van der Waals surface area contributed by atoms with Crippen molar-refractivity contribution in [3.05, 3.63) is 70.3 Å². The van der Waals surface area contributed by atoms with Crippen LogP contribution in [-0.2, 0) is 0 Å². The van der Waals surface area contributed by atoms with E-state index in [1.54, 1.807) is 0 Å². The number of carbonyl (C=O) groups is 1. The van der Waals surface area contributed by atoms with E-state index in [0.717, 1.165) is 56.7 Å². The lowest BCUT2D eigenvalue weighted by Crippen LogP contribution is -2.40. The van der Waals surface area contributed by atoms with Gasteiger partial charge < -0.3 is 10.2 Å². The van der Waals surface area contributed by atoms with Crippen LogP contribution in [0.15, 0.2) is 48.5 Å². The molecule has 4 nitrogen and oxygen atoms in total. The van der Waals surface area contributed by atoms with Gasteiger partial charge in [-0.1, -0.05) is 59.6 Å². The third-order valence-corrected chi connectivity index (χ3v) is 7.21. The maximum absolute atomic E-state index is 13.1. The van der Waals surface area contributed by atoms with Crippen LogP contribution in [0.3, 0.4) is 0 Å². The van der Waals surface area contributed by atoms with Crippen molar-refractivity contribution in [1.82, 2.24) is 9.80 Å². The Morgan fingerprint density at radius 1 is 1.06 bits per heavy atom. The fourth-order valence-corrected chi connectivity index (χ4v) is 4.98. The maximum atomic E-state index is 13.1. The number of aryl methyl sites for hydroxylation is 1. The van der Waals surface area contributed by atoms with E-state index >= 15 is 0 Å². The van der Waals surface area contributed by atoms with E-state index in [9.17, 15) is 4.79 Å². The van der Waals surface area contributed by atoms with Gasteiger partial charge in [-0.3, -0.25) is 4.90 Å². The predicted molar refractivity (Wildman–Crippen MR) is 135 cm³/mol. The summed E-state index contributed by atoms with van der Waals surface area (Å²) >= 11 is 6.56. The number of rotatable bonds is 4. The Kier molecular flexibility index (Phi) is 7.22. The largest absolute Gasteiger partial charge is 0.324 e. The van der Waals surface area contributed by atoms with Gasteiger partial charge >= 0.3 is 6.03 Å². The van der Waals surface area contributed by atoms with Gasteiger partial charge in [-0.25, -0.2) is 4.79 Å². The number of para-hydroxylation sites is 1. The van der Waals surface area contributed by atoms with E-state index in [0.29, 0.717) is 17.0 Å². The number of piperidine rings is 1. The number of urea groups is 1. The van der Waals surface area contributed by atoms with Crippen molar-refractivity contribution in [1.29, 1.82) is 0 Å². The average molecular weight is 452 g/mol. The molecule has 0 aromatic heterocycles. The second-order valence-electron chi connectivity index (χ2n) is 9.33. The quantitative estimate of drug-likeness (QED) is 0.571. The van der Waals surface area contributed by atoms with Gasteiger partial charge in [-0.05, 0) is 63.2 Å². The van der Waals surface area contributed by atoms with Crippen LogP contribution in [0.5, 0.6) is 0 Å². The summed E-state index contributed by atoms with van der Waals surface area (Å²) in [4.78, 5) is 17.5. The number of hydrogen-bond acceptors (Lipinski definition) is 2. The molecule has 1 saturated heterocycles. The van der Waals surface area contributed by atoms with Crippen LogP contribution < -0.4 is 5.32 Å². The lowest BCUT2D eigenvalue weighted by atomic mass is 9.89. The van der Waals surface area contributed by atoms with Crippen LogP contribution in [0.1, 0.15) is 55.7 Å². The minimum Gasteiger partial charge on any atom is -0.324 e. The third-order valence-electron chi connectivity index (χ3n) is 6.89. The molecule has 2 amide bonds. The van der Waals surface area contributed by atoms with Crippen LogP contribution in [0.25, 0.3) is 5.57 Å². The summed E-state index contributed by atoms with van der Waals surface area (Å²) in [6, 6.07) is 15.2. The molecular formula is C27H34ClN3O. The predicted octanol–water partition coefficient (Wildman–Crippen LogP) is 6.56. The van der Waals surface area contributed by atoms with Gasteiger partial charge in [0.2, 0.25) is 0 Å². The molecule has 2 aliphatic rings. The summed E-state index contributed by atoms with van der Waals surface area (Å²) in [5, 5.41) is 3.74. The molecule has 0 radical (unpaired) electrons. The smallest absolute Gasteiger partial charge is 0.321 e. The van der Waals surface area contributed by atoms with Crippen molar-refractivity contribution in [3.63, 3.8) is 0 Å². The zero-order chi connectivity index (χ0) is 22.7. The zero-order valence-corrected chi connectivity index (χ0v) is 20.2. The van der Waals surface area contributed by atoms with Crippen molar-refractivity contribution >= 4 is 28.9 Å². The van der Waals surface area contributed by atoms with Crippen molar-refractivity contribution in [2.75, 3.05) is 31.5 Å². The molecule has 0 spiro atoms. The summed E-state index contributed by atoms with van der Waals surface area (Å²) in [7, 11) is 0. The lowest BCUT2D eigenvalue weighted by molar-refractivity contribution is 0.194. The average Bonchev–Trinajstić information content (AvgIpc) is 2.81. The van der Waals surface area contributed by atoms with Crippen molar-refractivity contribution in [3.8, 4) is 0 Å². The molecule has 0 saturated carbocycles. The second kappa shape index (κ2) is 10.1. The number of likely N-dealkylation sites (tertiary alicyclic amines) is 1. The molecule has 5 heteroatoms. The van der Waals surface area contributed by atoms with Gasteiger partial charge in [0, 0.05) is 37.8 Å². The molecule has 32 heavy (non-hydrogen) atoms. The van der Waals surface area contributed by atoms with E-state index < -0.39 is 0 Å². The summed E-state index contributed by atoms with van der Waals surface area (Å²) in [5.41, 5.74) is 5.71. The van der Waals surface area contributed by atoms with Crippen LogP contribution in [-0.4, -0.2) is 48.1 Å². The van der Waals surface area contributed by atoms with Crippen LogP contribution >= 0.6 is 11.6 Å². The molecule has 2 heterocycles. The molecule has 0 atom stereocenters. The standard InChI is InChI=1S/C27H34ClN3O/c1-19(2)30-15-13-23(14-16-30)24-5-4-6-25(28)26(24)29-27(32)31-17-11-22(12-18-31)21-9-7-20(3)8-10-21/h4-10,13,19,22H,11-12,14-18H2,1-3H3,(H,29,32). The first-order valence-electron chi connectivity index (χ1n) is 11.8. The second-order valence-corrected chi connectivity index (χ2v) is 9.74. The molecule has 4 rings (SSSR count). The minimum absolute atomic E-state index is 0.0538. The number of halogens is 1. The molecular weight excluding hydrogens is 418 g/mol.